The molecular formula is C18H24N4O2S. The smallest absolute Gasteiger partial charge is 0.240 e. The van der Waals surface area contributed by atoms with Crippen molar-refractivity contribution in [2.75, 3.05) is 0 Å². The van der Waals surface area contributed by atoms with E-state index < -0.39 is 0 Å². The first-order valence-corrected chi connectivity index (χ1v) is 9.00. The Morgan fingerprint density at radius 3 is 2.60 bits per heavy atom. The number of aryl methyl sites for hydroxylation is 1. The lowest BCUT2D eigenvalue weighted by Gasteiger charge is -2.32. The zero-order valence-corrected chi connectivity index (χ0v) is 15.6. The number of carbonyl (C=O) groups excluding carboxylic acids is 1. The fourth-order valence-corrected chi connectivity index (χ4v) is 3.52. The van der Waals surface area contributed by atoms with Gasteiger partial charge in [0.15, 0.2) is 10.6 Å². The largest absolute Gasteiger partial charge is 0.375 e. The standard InChI is InChI=1S/C18H24N4O2S/c1-11-4-6-14(7-5-11)17-20-21-18(25)22(17)10-16(23)19-15-8-12(2)24-13(3)9-15/h4-7,12-13,15H,8-10H2,1-3H3,(H,19,23)(H,21,25)/t12-,13+,15?. The van der Waals surface area contributed by atoms with E-state index >= 15 is 0 Å². The van der Waals surface area contributed by atoms with Gasteiger partial charge in [0.25, 0.3) is 0 Å². The van der Waals surface area contributed by atoms with Crippen LogP contribution in [0.3, 0.4) is 0 Å². The quantitative estimate of drug-likeness (QED) is 0.822. The highest BCUT2D eigenvalue weighted by molar-refractivity contribution is 7.71. The number of benzene rings is 1. The molecule has 7 heteroatoms. The van der Waals surface area contributed by atoms with Crippen molar-refractivity contribution in [2.45, 2.75) is 58.4 Å². The van der Waals surface area contributed by atoms with Crippen molar-refractivity contribution in [1.29, 1.82) is 0 Å². The number of ether oxygens (including phenoxy) is 1. The van der Waals surface area contributed by atoms with Crippen molar-refractivity contribution in [3.63, 3.8) is 0 Å². The predicted octanol–water partition coefficient (Wildman–Crippen LogP) is 2.99. The van der Waals surface area contributed by atoms with Crippen LogP contribution in [0, 0.1) is 11.7 Å². The number of hydrogen-bond donors (Lipinski definition) is 2. The summed E-state index contributed by atoms with van der Waals surface area (Å²) in [5.41, 5.74) is 2.10. The topological polar surface area (TPSA) is 71.9 Å². The number of amides is 1. The first kappa shape index (κ1) is 17.8. The summed E-state index contributed by atoms with van der Waals surface area (Å²) in [5.74, 6) is 0.617. The second-order valence-electron chi connectivity index (χ2n) is 6.80. The van der Waals surface area contributed by atoms with E-state index in [-0.39, 0.29) is 30.7 Å². The van der Waals surface area contributed by atoms with Crippen molar-refractivity contribution in [3.8, 4) is 11.4 Å². The van der Waals surface area contributed by atoms with Gasteiger partial charge in [-0.1, -0.05) is 29.8 Å². The Kier molecular flexibility index (Phi) is 5.34. The molecule has 0 bridgehead atoms. The van der Waals surface area contributed by atoms with Crippen molar-refractivity contribution < 1.29 is 9.53 Å². The van der Waals surface area contributed by atoms with E-state index in [9.17, 15) is 4.79 Å². The van der Waals surface area contributed by atoms with Gasteiger partial charge in [0.1, 0.15) is 6.54 Å². The first-order valence-electron chi connectivity index (χ1n) is 8.59. The molecule has 1 aromatic carbocycles. The van der Waals surface area contributed by atoms with E-state index in [0.29, 0.717) is 10.6 Å². The van der Waals surface area contributed by atoms with Crippen LogP contribution in [-0.4, -0.2) is 38.9 Å². The molecule has 0 aliphatic carbocycles. The highest BCUT2D eigenvalue weighted by Gasteiger charge is 2.25. The SMILES string of the molecule is Cc1ccc(-c2n[nH]c(=S)n2CC(=O)NC2C[C@@H](C)O[C@@H](C)C2)cc1. The van der Waals surface area contributed by atoms with Crippen LogP contribution in [0.4, 0.5) is 0 Å². The molecule has 2 N–H and O–H groups in total. The van der Waals surface area contributed by atoms with Crippen molar-refractivity contribution in [3.05, 3.63) is 34.6 Å². The third kappa shape index (κ3) is 4.35. The van der Waals surface area contributed by atoms with Crippen LogP contribution in [0.2, 0.25) is 0 Å². The Morgan fingerprint density at radius 2 is 1.96 bits per heavy atom. The van der Waals surface area contributed by atoms with Gasteiger partial charge in [-0.15, -0.1) is 0 Å². The first-order chi connectivity index (χ1) is 11.9. The molecule has 3 atom stereocenters. The summed E-state index contributed by atoms with van der Waals surface area (Å²) >= 11 is 5.30. The minimum absolute atomic E-state index is 0.0582. The normalized spacial score (nSPS) is 23.4. The van der Waals surface area contributed by atoms with Crippen LogP contribution < -0.4 is 5.32 Å². The Labute approximate surface area is 152 Å². The Hall–Kier alpha value is -1.99. The lowest BCUT2D eigenvalue weighted by Crippen LogP contribution is -2.44. The molecule has 0 radical (unpaired) electrons. The van der Waals surface area contributed by atoms with E-state index in [1.165, 1.54) is 5.56 Å². The number of rotatable bonds is 4. The minimum atomic E-state index is -0.0582. The number of nitrogens with one attached hydrogen (secondary N) is 2. The molecule has 25 heavy (non-hydrogen) atoms. The molecule has 0 spiro atoms. The van der Waals surface area contributed by atoms with Gasteiger partial charge < -0.3 is 10.1 Å². The molecule has 2 aromatic rings. The Morgan fingerprint density at radius 1 is 1.32 bits per heavy atom. The van der Waals surface area contributed by atoms with Crippen LogP contribution in [0.15, 0.2) is 24.3 Å². The fraction of sp³-hybridized carbons (Fsp3) is 0.500. The predicted molar refractivity (Wildman–Crippen MR) is 98.8 cm³/mol. The monoisotopic (exact) mass is 360 g/mol. The summed E-state index contributed by atoms with van der Waals surface area (Å²) in [5, 5.41) is 10.2. The summed E-state index contributed by atoms with van der Waals surface area (Å²) in [6.45, 7) is 6.26. The maximum Gasteiger partial charge on any atom is 0.240 e. The molecule has 2 heterocycles. The summed E-state index contributed by atoms with van der Waals surface area (Å²) < 4.78 is 7.90. The molecule has 6 nitrogen and oxygen atoms in total. The zero-order valence-electron chi connectivity index (χ0n) is 14.8. The van der Waals surface area contributed by atoms with Gasteiger partial charge >= 0.3 is 0 Å². The van der Waals surface area contributed by atoms with E-state index in [4.69, 9.17) is 17.0 Å². The maximum atomic E-state index is 12.5. The van der Waals surface area contributed by atoms with Gasteiger partial charge in [0.2, 0.25) is 5.91 Å². The average molecular weight is 360 g/mol. The van der Waals surface area contributed by atoms with E-state index in [1.54, 1.807) is 4.57 Å². The number of hydrogen-bond acceptors (Lipinski definition) is 4. The third-order valence-corrected chi connectivity index (χ3v) is 4.74. The number of nitrogens with zero attached hydrogens (tertiary/aromatic N) is 2. The second-order valence-corrected chi connectivity index (χ2v) is 7.18. The third-order valence-electron chi connectivity index (χ3n) is 4.43. The average Bonchev–Trinajstić information content (AvgIpc) is 2.88. The van der Waals surface area contributed by atoms with Gasteiger partial charge in [0, 0.05) is 11.6 Å². The number of carbonyl (C=O) groups is 1. The zero-order chi connectivity index (χ0) is 18.0. The van der Waals surface area contributed by atoms with E-state index in [0.717, 1.165) is 18.4 Å². The summed E-state index contributed by atoms with van der Waals surface area (Å²) in [6.07, 6.45) is 1.98. The highest BCUT2D eigenvalue weighted by atomic mass is 32.1. The molecule has 3 rings (SSSR count). The summed E-state index contributed by atoms with van der Waals surface area (Å²) in [7, 11) is 0. The van der Waals surface area contributed by atoms with Crippen LogP contribution in [0.5, 0.6) is 0 Å². The molecule has 1 fully saturated rings. The van der Waals surface area contributed by atoms with Gasteiger partial charge in [-0.3, -0.25) is 14.5 Å². The van der Waals surface area contributed by atoms with Crippen LogP contribution in [-0.2, 0) is 16.1 Å². The van der Waals surface area contributed by atoms with Crippen LogP contribution in [0.25, 0.3) is 11.4 Å². The molecular weight excluding hydrogens is 336 g/mol. The van der Waals surface area contributed by atoms with E-state index in [1.807, 2.05) is 45.0 Å². The summed E-state index contributed by atoms with van der Waals surface area (Å²) in [6, 6.07) is 8.13. The van der Waals surface area contributed by atoms with Crippen molar-refractivity contribution >= 4 is 18.1 Å². The molecule has 1 unspecified atom stereocenters. The molecule has 1 saturated heterocycles. The molecule has 1 aromatic heterocycles. The van der Waals surface area contributed by atoms with Crippen LogP contribution >= 0.6 is 12.2 Å². The Bertz CT molecular complexity index is 786. The lowest BCUT2D eigenvalue weighted by molar-refractivity contribution is -0.124. The number of aromatic nitrogens is 3. The summed E-state index contributed by atoms with van der Waals surface area (Å²) in [4.78, 5) is 12.5. The molecule has 1 aliphatic rings. The Balaban J connectivity index is 1.72. The van der Waals surface area contributed by atoms with Crippen molar-refractivity contribution in [1.82, 2.24) is 20.1 Å². The minimum Gasteiger partial charge on any atom is -0.375 e. The lowest BCUT2D eigenvalue weighted by atomic mass is 10.00. The highest BCUT2D eigenvalue weighted by Crippen LogP contribution is 2.20. The van der Waals surface area contributed by atoms with Gasteiger partial charge in [-0.05, 0) is 45.8 Å². The molecule has 1 amide bonds. The second kappa shape index (κ2) is 7.49. The van der Waals surface area contributed by atoms with Crippen molar-refractivity contribution in [2.24, 2.45) is 0 Å². The van der Waals surface area contributed by atoms with E-state index in [2.05, 4.69) is 15.5 Å². The molecule has 134 valence electrons. The molecule has 1 aliphatic heterocycles. The van der Waals surface area contributed by atoms with Gasteiger partial charge in [-0.2, -0.15) is 5.10 Å². The fourth-order valence-electron chi connectivity index (χ4n) is 3.33. The van der Waals surface area contributed by atoms with Crippen LogP contribution in [0.1, 0.15) is 32.3 Å². The van der Waals surface area contributed by atoms with Gasteiger partial charge in [-0.25, -0.2) is 0 Å². The number of H-pyrrole nitrogens is 1. The molecule has 0 saturated carbocycles. The number of aromatic amines is 1. The maximum absolute atomic E-state index is 12.5. The van der Waals surface area contributed by atoms with Gasteiger partial charge in [0.05, 0.1) is 12.2 Å².